The fourth-order valence-corrected chi connectivity index (χ4v) is 5.84. The van der Waals surface area contributed by atoms with Crippen molar-refractivity contribution in [3.63, 3.8) is 0 Å². The summed E-state index contributed by atoms with van der Waals surface area (Å²) in [6, 6.07) is 15.4. The third-order valence-corrected chi connectivity index (χ3v) is 8.81. The van der Waals surface area contributed by atoms with Crippen molar-refractivity contribution in [1.29, 1.82) is 0 Å². The molecule has 3 atom stereocenters. The summed E-state index contributed by atoms with van der Waals surface area (Å²) >= 11 is 0.923. The van der Waals surface area contributed by atoms with Gasteiger partial charge in [0.05, 0.1) is 0 Å². The second-order valence-corrected chi connectivity index (χ2v) is 12.6. The molecular weight excluding hydrogens is 518 g/mol. The van der Waals surface area contributed by atoms with Gasteiger partial charge in [0.1, 0.15) is 17.0 Å². The Morgan fingerprint density at radius 1 is 1.05 bits per heavy atom. The summed E-state index contributed by atoms with van der Waals surface area (Å²) in [5.41, 5.74) is 2.28. The number of hydrogen-bond acceptors (Lipinski definition) is 6. The average Bonchev–Trinajstić information content (AvgIpc) is 3.39. The molecule has 0 bridgehead atoms. The number of rotatable bonds is 17. The molecule has 2 aromatic carbocycles. The van der Waals surface area contributed by atoms with Gasteiger partial charge in [-0.05, 0) is 61.5 Å². The third-order valence-electron chi connectivity index (χ3n) is 6.41. The molecule has 1 aliphatic rings. The maximum atomic E-state index is 12.3. The zero-order valence-electron chi connectivity index (χ0n) is 23.2. The SMILES string of the molecule is CCCCCCCC[S+]([O-])C(C)Cc1ccc2c(c1)OCO2.CSCC[C@H](NCc1ccccc1)C(=O)O. The van der Waals surface area contributed by atoms with Crippen LogP contribution in [-0.4, -0.2) is 51.5 Å². The van der Waals surface area contributed by atoms with Crippen molar-refractivity contribution in [2.45, 2.75) is 83.1 Å². The van der Waals surface area contributed by atoms with Gasteiger partial charge in [-0.2, -0.15) is 11.8 Å². The van der Waals surface area contributed by atoms with Crippen molar-refractivity contribution in [3.8, 4) is 11.5 Å². The number of carboxylic acid groups (broad SMARTS) is 1. The van der Waals surface area contributed by atoms with Crippen LogP contribution >= 0.6 is 11.8 Å². The van der Waals surface area contributed by atoms with Gasteiger partial charge < -0.3 is 24.4 Å². The fraction of sp³-hybridized carbons (Fsp3) is 0.567. The summed E-state index contributed by atoms with van der Waals surface area (Å²) in [4.78, 5) is 11.0. The maximum Gasteiger partial charge on any atom is 0.320 e. The first kappa shape index (κ1) is 32.3. The first-order valence-electron chi connectivity index (χ1n) is 13.7. The lowest BCUT2D eigenvalue weighted by Gasteiger charge is -2.18. The molecule has 1 aliphatic heterocycles. The van der Waals surface area contributed by atoms with Crippen LogP contribution in [0.25, 0.3) is 0 Å². The predicted octanol–water partition coefficient (Wildman–Crippen LogP) is 6.44. The standard InChI is InChI=1S/C18H28O3S.C12H17NO2S/c1-3-4-5-6-7-8-11-22(19)15(2)12-16-9-10-17-18(13-16)21-14-20-17;1-16-8-7-11(12(14)15)13-9-10-5-3-2-4-6-10/h9-10,13,15H,3-8,11-12,14H2,1-2H3;2-6,11,13H,7-9H2,1H3,(H,14,15)/t;11-/m.0/s1. The third kappa shape index (κ3) is 12.8. The van der Waals surface area contributed by atoms with Crippen LogP contribution in [-0.2, 0) is 28.9 Å². The van der Waals surface area contributed by atoms with Crippen LogP contribution in [0.4, 0.5) is 0 Å². The Hall–Kier alpha value is -1.87. The molecule has 0 saturated heterocycles. The normalized spacial score (nSPS) is 14.3. The summed E-state index contributed by atoms with van der Waals surface area (Å²) in [5, 5.41) is 12.3. The summed E-state index contributed by atoms with van der Waals surface area (Å²) < 4.78 is 23.0. The molecule has 8 heteroatoms. The second-order valence-electron chi connectivity index (χ2n) is 9.59. The number of fused-ring (bicyclic) bond motifs is 1. The highest BCUT2D eigenvalue weighted by molar-refractivity contribution is 7.98. The number of ether oxygens (including phenoxy) is 2. The maximum absolute atomic E-state index is 12.3. The molecular formula is C30H45NO5S2. The minimum atomic E-state index is -0.773. The molecule has 0 spiro atoms. The monoisotopic (exact) mass is 563 g/mol. The highest BCUT2D eigenvalue weighted by Gasteiger charge is 2.20. The van der Waals surface area contributed by atoms with E-state index in [-0.39, 0.29) is 5.25 Å². The van der Waals surface area contributed by atoms with Gasteiger partial charge >= 0.3 is 5.97 Å². The van der Waals surface area contributed by atoms with Gasteiger partial charge in [-0.1, -0.05) is 80.2 Å². The number of carbonyl (C=O) groups is 1. The molecule has 38 heavy (non-hydrogen) atoms. The van der Waals surface area contributed by atoms with Crippen molar-refractivity contribution >= 4 is 28.9 Å². The second kappa shape index (κ2) is 19.2. The molecule has 2 aromatic rings. The topological polar surface area (TPSA) is 90.9 Å². The predicted molar refractivity (Wildman–Crippen MR) is 160 cm³/mol. The average molecular weight is 564 g/mol. The van der Waals surface area contributed by atoms with E-state index in [1.807, 2.05) is 54.8 Å². The Bertz CT molecular complexity index is 915. The number of thioether (sulfide) groups is 1. The first-order valence-corrected chi connectivity index (χ1v) is 16.5. The molecule has 2 unspecified atom stereocenters. The number of nitrogens with one attached hydrogen (secondary N) is 1. The highest BCUT2D eigenvalue weighted by atomic mass is 32.2. The minimum absolute atomic E-state index is 0.191. The summed E-state index contributed by atoms with van der Waals surface area (Å²) in [7, 11) is 0. The van der Waals surface area contributed by atoms with E-state index in [1.54, 1.807) is 11.8 Å². The number of unbranched alkanes of at least 4 members (excludes halogenated alkanes) is 5. The van der Waals surface area contributed by atoms with Crippen molar-refractivity contribution in [2.24, 2.45) is 0 Å². The number of benzene rings is 2. The zero-order chi connectivity index (χ0) is 27.6. The Labute approximate surface area is 236 Å². The summed E-state index contributed by atoms with van der Waals surface area (Å²) in [6.45, 7) is 5.22. The van der Waals surface area contributed by atoms with E-state index >= 15 is 0 Å². The van der Waals surface area contributed by atoms with Gasteiger partial charge in [0.2, 0.25) is 6.79 Å². The molecule has 0 fully saturated rings. The lowest BCUT2D eigenvalue weighted by Crippen LogP contribution is -2.36. The number of hydrogen-bond donors (Lipinski definition) is 2. The smallest absolute Gasteiger partial charge is 0.320 e. The summed E-state index contributed by atoms with van der Waals surface area (Å²) in [6.07, 6.45) is 11.0. The number of carboxylic acids is 1. The zero-order valence-corrected chi connectivity index (χ0v) is 24.8. The van der Waals surface area contributed by atoms with Crippen molar-refractivity contribution in [1.82, 2.24) is 5.32 Å². The van der Waals surface area contributed by atoms with E-state index in [1.165, 1.54) is 37.7 Å². The van der Waals surface area contributed by atoms with E-state index in [9.17, 15) is 9.35 Å². The van der Waals surface area contributed by atoms with Crippen LogP contribution in [0.5, 0.6) is 11.5 Å². The Morgan fingerprint density at radius 3 is 2.47 bits per heavy atom. The van der Waals surface area contributed by atoms with Gasteiger partial charge in [-0.3, -0.25) is 4.79 Å². The van der Waals surface area contributed by atoms with E-state index in [0.29, 0.717) is 19.8 Å². The molecule has 0 radical (unpaired) electrons. The van der Waals surface area contributed by atoms with Gasteiger partial charge in [0, 0.05) is 13.0 Å². The van der Waals surface area contributed by atoms with Crippen LogP contribution in [0.15, 0.2) is 48.5 Å². The largest absolute Gasteiger partial charge is 0.616 e. The van der Waals surface area contributed by atoms with Crippen LogP contribution in [0.1, 0.15) is 69.9 Å². The van der Waals surface area contributed by atoms with Crippen LogP contribution in [0.3, 0.4) is 0 Å². The van der Waals surface area contributed by atoms with Crippen LogP contribution in [0.2, 0.25) is 0 Å². The lowest BCUT2D eigenvalue weighted by molar-refractivity contribution is -0.139. The van der Waals surface area contributed by atoms with E-state index in [2.05, 4.69) is 19.2 Å². The van der Waals surface area contributed by atoms with E-state index in [0.717, 1.165) is 41.4 Å². The highest BCUT2D eigenvalue weighted by Crippen LogP contribution is 2.33. The molecule has 3 rings (SSSR count). The molecule has 1 heterocycles. The fourth-order valence-electron chi connectivity index (χ4n) is 4.10. The molecule has 0 saturated carbocycles. The summed E-state index contributed by atoms with van der Waals surface area (Å²) in [5.74, 6) is 2.54. The Kier molecular flexibility index (Phi) is 16.4. The molecule has 0 aliphatic carbocycles. The van der Waals surface area contributed by atoms with E-state index < -0.39 is 23.2 Å². The Balaban J connectivity index is 0.000000281. The first-order chi connectivity index (χ1) is 18.4. The molecule has 0 amide bonds. The van der Waals surface area contributed by atoms with Crippen LogP contribution < -0.4 is 14.8 Å². The van der Waals surface area contributed by atoms with Crippen molar-refractivity contribution in [2.75, 3.05) is 24.6 Å². The lowest BCUT2D eigenvalue weighted by atomic mass is 10.1. The van der Waals surface area contributed by atoms with Crippen LogP contribution in [0, 0.1) is 0 Å². The van der Waals surface area contributed by atoms with Gasteiger partial charge in [-0.25, -0.2) is 0 Å². The van der Waals surface area contributed by atoms with Gasteiger partial charge in [-0.15, -0.1) is 0 Å². The molecule has 212 valence electrons. The molecule has 0 aromatic heterocycles. The minimum Gasteiger partial charge on any atom is -0.616 e. The van der Waals surface area contributed by atoms with Gasteiger partial charge in [0.25, 0.3) is 0 Å². The number of aliphatic carboxylic acids is 1. The van der Waals surface area contributed by atoms with E-state index in [4.69, 9.17) is 14.6 Å². The quantitative estimate of drug-likeness (QED) is 0.169. The molecule has 2 N–H and O–H groups in total. The van der Waals surface area contributed by atoms with Crippen molar-refractivity contribution < 1.29 is 23.9 Å². The Morgan fingerprint density at radius 2 is 1.76 bits per heavy atom. The molecule has 6 nitrogen and oxygen atoms in total. The van der Waals surface area contributed by atoms with Crippen molar-refractivity contribution in [3.05, 3.63) is 59.7 Å². The van der Waals surface area contributed by atoms with Gasteiger partial charge in [0.15, 0.2) is 11.5 Å².